The summed E-state index contributed by atoms with van der Waals surface area (Å²) in [6.45, 7) is 6.02. The molecule has 0 fully saturated rings. The zero-order valence-electron chi connectivity index (χ0n) is 15.0. The highest BCUT2D eigenvalue weighted by atomic mass is 79.9. The minimum atomic E-state index is -0.563. The van der Waals surface area contributed by atoms with E-state index in [1.165, 1.54) is 6.07 Å². The van der Waals surface area contributed by atoms with Crippen molar-refractivity contribution in [2.45, 2.75) is 33.3 Å². The second kappa shape index (κ2) is 9.38. The van der Waals surface area contributed by atoms with Crippen molar-refractivity contribution in [1.29, 1.82) is 0 Å². The maximum absolute atomic E-state index is 12.6. The lowest BCUT2D eigenvalue weighted by Gasteiger charge is -2.12. The van der Waals surface area contributed by atoms with E-state index in [2.05, 4.69) is 15.9 Å². The molecule has 0 aliphatic carbocycles. The third-order valence-electron chi connectivity index (χ3n) is 3.25. The van der Waals surface area contributed by atoms with Gasteiger partial charge in [-0.15, -0.1) is 0 Å². The number of carbonyl (C=O) groups is 2. The molecule has 0 saturated carbocycles. The average Bonchev–Trinajstić information content (AvgIpc) is 2.60. The Hall–Kier alpha value is -2.34. The first kappa shape index (κ1) is 20.0. The minimum absolute atomic E-state index is 0.228. The minimum Gasteiger partial charge on any atom is -0.493 e. The van der Waals surface area contributed by atoms with E-state index in [9.17, 15) is 9.59 Å². The quantitative estimate of drug-likeness (QED) is 0.464. The summed E-state index contributed by atoms with van der Waals surface area (Å²) in [5, 5.41) is 0. The molecule has 0 bridgehead atoms. The number of benzene rings is 2. The monoisotopic (exact) mass is 420 g/mol. The molecule has 0 aromatic heterocycles. The van der Waals surface area contributed by atoms with Crippen molar-refractivity contribution in [3.63, 3.8) is 0 Å². The average molecular weight is 421 g/mol. The summed E-state index contributed by atoms with van der Waals surface area (Å²) in [5.74, 6) is -0.316. The Bertz CT molecular complexity index is 786. The number of halogens is 1. The van der Waals surface area contributed by atoms with E-state index in [-0.39, 0.29) is 11.9 Å². The number of esters is 2. The highest BCUT2D eigenvalue weighted by Crippen LogP contribution is 2.25. The molecular weight excluding hydrogens is 400 g/mol. The van der Waals surface area contributed by atoms with Crippen LogP contribution >= 0.6 is 15.9 Å². The van der Waals surface area contributed by atoms with Gasteiger partial charge < -0.3 is 14.2 Å². The molecule has 0 aliphatic rings. The van der Waals surface area contributed by atoms with E-state index in [0.29, 0.717) is 23.5 Å². The van der Waals surface area contributed by atoms with Gasteiger partial charge in [0.25, 0.3) is 0 Å². The van der Waals surface area contributed by atoms with E-state index in [4.69, 9.17) is 14.2 Å². The third kappa shape index (κ3) is 5.59. The Morgan fingerprint density at radius 2 is 1.85 bits per heavy atom. The molecule has 0 aliphatic heterocycles. The molecule has 0 amide bonds. The molecular formula is C20H21BrO5. The van der Waals surface area contributed by atoms with Crippen molar-refractivity contribution in [1.82, 2.24) is 0 Å². The predicted molar refractivity (Wildman–Crippen MR) is 102 cm³/mol. The maximum atomic E-state index is 12.6. The van der Waals surface area contributed by atoms with Crippen molar-refractivity contribution < 1.29 is 23.8 Å². The largest absolute Gasteiger partial charge is 0.493 e. The van der Waals surface area contributed by atoms with Gasteiger partial charge in [0.2, 0.25) is 0 Å². The molecule has 0 atom stereocenters. The highest BCUT2D eigenvalue weighted by Gasteiger charge is 2.17. The van der Waals surface area contributed by atoms with E-state index in [0.717, 1.165) is 10.9 Å². The molecule has 2 rings (SSSR count). The summed E-state index contributed by atoms with van der Waals surface area (Å²) < 4.78 is 16.9. The molecule has 0 heterocycles. The van der Waals surface area contributed by atoms with Crippen LogP contribution in [-0.4, -0.2) is 24.6 Å². The molecule has 0 radical (unpaired) electrons. The van der Waals surface area contributed by atoms with Crippen molar-refractivity contribution in [3.8, 4) is 11.5 Å². The summed E-state index contributed by atoms with van der Waals surface area (Å²) in [5.41, 5.74) is 0.628. The Morgan fingerprint density at radius 3 is 2.54 bits per heavy atom. The van der Waals surface area contributed by atoms with E-state index < -0.39 is 11.9 Å². The van der Waals surface area contributed by atoms with Crippen molar-refractivity contribution >= 4 is 27.9 Å². The fourth-order valence-corrected chi connectivity index (χ4v) is 2.49. The first-order valence-electron chi connectivity index (χ1n) is 8.36. The Balaban J connectivity index is 2.20. The summed E-state index contributed by atoms with van der Waals surface area (Å²) in [6, 6.07) is 11.5. The predicted octanol–water partition coefficient (Wildman–Crippen LogP) is 5.02. The van der Waals surface area contributed by atoms with Gasteiger partial charge in [0.15, 0.2) is 0 Å². The summed E-state index contributed by atoms with van der Waals surface area (Å²) in [7, 11) is 0. The summed E-state index contributed by atoms with van der Waals surface area (Å²) in [4.78, 5) is 24.6. The number of carbonyl (C=O) groups excluding carboxylic acids is 2. The van der Waals surface area contributed by atoms with E-state index in [1.807, 2.05) is 6.92 Å². The molecule has 2 aromatic carbocycles. The van der Waals surface area contributed by atoms with Gasteiger partial charge in [0, 0.05) is 4.47 Å². The fraction of sp³-hybridized carbons (Fsp3) is 0.300. The van der Waals surface area contributed by atoms with Crippen molar-refractivity contribution in [2.24, 2.45) is 0 Å². The van der Waals surface area contributed by atoms with Crippen LogP contribution in [0.1, 0.15) is 47.9 Å². The molecule has 0 saturated heterocycles. The fourth-order valence-electron chi connectivity index (χ4n) is 2.13. The molecule has 6 heteroatoms. The Labute approximate surface area is 161 Å². The molecule has 0 N–H and O–H groups in total. The standard InChI is InChI=1S/C20H21BrO5/c1-4-10-24-18-9-8-15(21)12-17(18)20(23)26-16-7-5-6-14(11-16)19(22)25-13(2)3/h5-9,11-13H,4,10H2,1-3H3. The van der Waals surface area contributed by atoms with Gasteiger partial charge >= 0.3 is 11.9 Å². The molecule has 5 nitrogen and oxygen atoms in total. The smallest absolute Gasteiger partial charge is 0.347 e. The maximum Gasteiger partial charge on any atom is 0.347 e. The van der Waals surface area contributed by atoms with Gasteiger partial charge in [-0.05, 0) is 56.7 Å². The number of hydrogen-bond acceptors (Lipinski definition) is 5. The molecule has 2 aromatic rings. The first-order valence-corrected chi connectivity index (χ1v) is 9.15. The second-order valence-electron chi connectivity index (χ2n) is 5.86. The lowest BCUT2D eigenvalue weighted by Crippen LogP contribution is -2.13. The zero-order chi connectivity index (χ0) is 19.1. The zero-order valence-corrected chi connectivity index (χ0v) is 16.5. The van der Waals surface area contributed by atoms with Crippen molar-refractivity contribution in [2.75, 3.05) is 6.61 Å². The van der Waals surface area contributed by atoms with Gasteiger partial charge in [0.05, 0.1) is 18.3 Å². The van der Waals surface area contributed by atoms with Crippen LogP contribution in [0.5, 0.6) is 11.5 Å². The van der Waals surface area contributed by atoms with Crippen LogP contribution in [0.3, 0.4) is 0 Å². The second-order valence-corrected chi connectivity index (χ2v) is 6.78. The highest BCUT2D eigenvalue weighted by molar-refractivity contribution is 9.10. The van der Waals surface area contributed by atoms with Gasteiger partial charge in [-0.3, -0.25) is 0 Å². The SMILES string of the molecule is CCCOc1ccc(Br)cc1C(=O)Oc1cccc(C(=O)OC(C)C)c1. The number of ether oxygens (including phenoxy) is 3. The van der Waals surface area contributed by atoms with Gasteiger partial charge in [0.1, 0.15) is 17.1 Å². The molecule has 26 heavy (non-hydrogen) atoms. The van der Waals surface area contributed by atoms with Crippen LogP contribution in [-0.2, 0) is 4.74 Å². The molecule has 0 unspecified atom stereocenters. The van der Waals surface area contributed by atoms with Crippen LogP contribution in [0, 0.1) is 0 Å². The van der Waals surface area contributed by atoms with Gasteiger partial charge in [-0.2, -0.15) is 0 Å². The van der Waals surface area contributed by atoms with Crippen LogP contribution < -0.4 is 9.47 Å². The normalized spacial score (nSPS) is 10.5. The van der Waals surface area contributed by atoms with Crippen LogP contribution in [0.25, 0.3) is 0 Å². The van der Waals surface area contributed by atoms with Crippen LogP contribution in [0.15, 0.2) is 46.9 Å². The van der Waals surface area contributed by atoms with E-state index >= 15 is 0 Å². The summed E-state index contributed by atoms with van der Waals surface area (Å²) in [6.07, 6.45) is 0.596. The van der Waals surface area contributed by atoms with Crippen LogP contribution in [0.2, 0.25) is 0 Å². The number of hydrogen-bond donors (Lipinski definition) is 0. The first-order chi connectivity index (χ1) is 12.4. The van der Waals surface area contributed by atoms with Crippen LogP contribution in [0.4, 0.5) is 0 Å². The topological polar surface area (TPSA) is 61.8 Å². The Morgan fingerprint density at radius 1 is 1.08 bits per heavy atom. The summed E-state index contributed by atoms with van der Waals surface area (Å²) >= 11 is 3.35. The van der Waals surface area contributed by atoms with Gasteiger partial charge in [-0.25, -0.2) is 9.59 Å². The third-order valence-corrected chi connectivity index (χ3v) is 3.74. The van der Waals surface area contributed by atoms with Crippen molar-refractivity contribution in [3.05, 3.63) is 58.1 Å². The van der Waals surface area contributed by atoms with E-state index in [1.54, 1.807) is 50.2 Å². The molecule has 138 valence electrons. The number of rotatable bonds is 7. The van der Waals surface area contributed by atoms with Gasteiger partial charge in [-0.1, -0.05) is 28.9 Å². The lowest BCUT2D eigenvalue weighted by molar-refractivity contribution is 0.0376. The molecule has 0 spiro atoms. The lowest BCUT2D eigenvalue weighted by atomic mass is 10.2. The Kier molecular flexibility index (Phi) is 7.21.